The van der Waals surface area contributed by atoms with Crippen molar-refractivity contribution in [2.45, 2.75) is 38.9 Å². The number of hydrogen-bond donors (Lipinski definition) is 0. The second-order valence-electron chi connectivity index (χ2n) is 5.36. The summed E-state index contributed by atoms with van der Waals surface area (Å²) >= 11 is 0. The van der Waals surface area contributed by atoms with E-state index in [1.807, 2.05) is 5.92 Å². The van der Waals surface area contributed by atoms with Crippen LogP contribution >= 0.6 is 0 Å². The summed E-state index contributed by atoms with van der Waals surface area (Å²) in [5.41, 5.74) is -0.0250. The van der Waals surface area contributed by atoms with Crippen LogP contribution in [0, 0.1) is 29.9 Å². The summed E-state index contributed by atoms with van der Waals surface area (Å²) in [7, 11) is 0. The Morgan fingerprint density at radius 2 is 1.81 bits per heavy atom. The molecule has 1 fully saturated rings. The van der Waals surface area contributed by atoms with E-state index < -0.39 is 17.9 Å². The zero-order valence-corrected chi connectivity index (χ0v) is 12.2. The number of halogens is 2. The van der Waals surface area contributed by atoms with Crippen LogP contribution in [0.3, 0.4) is 0 Å². The molecule has 0 aromatic heterocycles. The van der Waals surface area contributed by atoms with Crippen molar-refractivity contribution in [3.8, 4) is 12.3 Å². The summed E-state index contributed by atoms with van der Waals surface area (Å²) in [4.78, 5) is 0. The standard InChI is InChI=1S/C17H20F2O2/c1-3-5-6-7-12-10-20-17(21-11-12)13-8-15(18)14(4-2)16(19)9-13/h2,8-9,12,17H,3,5-7,10-11H2,1H3. The Morgan fingerprint density at radius 1 is 1.19 bits per heavy atom. The van der Waals surface area contributed by atoms with Gasteiger partial charge in [-0.3, -0.25) is 0 Å². The number of benzene rings is 1. The first-order valence-corrected chi connectivity index (χ1v) is 7.34. The van der Waals surface area contributed by atoms with Gasteiger partial charge in [-0.15, -0.1) is 6.42 Å². The van der Waals surface area contributed by atoms with Gasteiger partial charge in [-0.25, -0.2) is 8.78 Å². The van der Waals surface area contributed by atoms with Gasteiger partial charge in [-0.1, -0.05) is 32.1 Å². The van der Waals surface area contributed by atoms with Crippen LogP contribution in [0.25, 0.3) is 0 Å². The quantitative estimate of drug-likeness (QED) is 0.599. The number of rotatable bonds is 5. The van der Waals surface area contributed by atoms with Gasteiger partial charge in [0.2, 0.25) is 0 Å². The topological polar surface area (TPSA) is 18.5 Å². The zero-order chi connectivity index (χ0) is 15.2. The fraction of sp³-hybridized carbons (Fsp3) is 0.529. The predicted molar refractivity (Wildman–Crippen MR) is 76.6 cm³/mol. The Bertz CT molecular complexity index is 491. The first-order chi connectivity index (χ1) is 10.2. The molecule has 0 aliphatic carbocycles. The predicted octanol–water partition coefficient (Wildman–Crippen LogP) is 4.19. The summed E-state index contributed by atoms with van der Waals surface area (Å²) in [6.45, 7) is 3.26. The third-order valence-electron chi connectivity index (χ3n) is 3.66. The molecule has 2 rings (SSSR count). The highest BCUT2D eigenvalue weighted by molar-refractivity contribution is 5.37. The van der Waals surface area contributed by atoms with Crippen LogP contribution in [0.4, 0.5) is 8.78 Å². The molecule has 0 atom stereocenters. The maximum absolute atomic E-state index is 13.7. The van der Waals surface area contributed by atoms with E-state index in [1.165, 1.54) is 25.0 Å². The zero-order valence-electron chi connectivity index (χ0n) is 12.2. The number of hydrogen-bond acceptors (Lipinski definition) is 2. The van der Waals surface area contributed by atoms with Crippen molar-refractivity contribution in [2.75, 3.05) is 13.2 Å². The molecule has 4 heteroatoms. The lowest BCUT2D eigenvalue weighted by molar-refractivity contribution is -0.206. The van der Waals surface area contributed by atoms with Gasteiger partial charge >= 0.3 is 0 Å². The highest BCUT2D eigenvalue weighted by atomic mass is 19.1. The van der Waals surface area contributed by atoms with E-state index in [2.05, 4.69) is 6.92 Å². The van der Waals surface area contributed by atoms with E-state index in [0.717, 1.165) is 12.8 Å². The highest BCUT2D eigenvalue weighted by Crippen LogP contribution is 2.29. The summed E-state index contributed by atoms with van der Waals surface area (Å²) < 4.78 is 38.5. The van der Waals surface area contributed by atoms with Crippen molar-refractivity contribution in [3.05, 3.63) is 34.9 Å². The molecule has 0 unspecified atom stereocenters. The maximum atomic E-state index is 13.7. The van der Waals surface area contributed by atoms with Crippen molar-refractivity contribution in [3.63, 3.8) is 0 Å². The van der Waals surface area contributed by atoms with Crippen molar-refractivity contribution in [2.24, 2.45) is 5.92 Å². The molecule has 1 aromatic carbocycles. The largest absolute Gasteiger partial charge is 0.348 e. The third kappa shape index (κ3) is 4.03. The lowest BCUT2D eigenvalue weighted by Crippen LogP contribution is -2.27. The fourth-order valence-electron chi connectivity index (χ4n) is 2.45. The van der Waals surface area contributed by atoms with Crippen LogP contribution in [0.1, 0.15) is 50.0 Å². The molecule has 0 radical (unpaired) electrons. The first-order valence-electron chi connectivity index (χ1n) is 7.34. The Labute approximate surface area is 124 Å². The molecular weight excluding hydrogens is 274 g/mol. The van der Waals surface area contributed by atoms with E-state index >= 15 is 0 Å². The third-order valence-corrected chi connectivity index (χ3v) is 3.66. The molecule has 0 bridgehead atoms. The van der Waals surface area contributed by atoms with Gasteiger partial charge in [-0.2, -0.15) is 0 Å². The monoisotopic (exact) mass is 294 g/mol. The average molecular weight is 294 g/mol. The number of ether oxygens (including phenoxy) is 2. The van der Waals surface area contributed by atoms with Crippen LogP contribution < -0.4 is 0 Å². The Morgan fingerprint density at radius 3 is 2.33 bits per heavy atom. The molecular formula is C17H20F2O2. The highest BCUT2D eigenvalue weighted by Gasteiger charge is 2.25. The molecule has 2 nitrogen and oxygen atoms in total. The van der Waals surface area contributed by atoms with Gasteiger partial charge in [-0.05, 0) is 18.6 Å². The van der Waals surface area contributed by atoms with Crippen LogP contribution in [0.15, 0.2) is 12.1 Å². The minimum Gasteiger partial charge on any atom is -0.348 e. The van der Waals surface area contributed by atoms with Gasteiger partial charge in [0.15, 0.2) is 6.29 Å². The normalized spacial score (nSPS) is 22.0. The molecule has 1 saturated heterocycles. The van der Waals surface area contributed by atoms with Crippen molar-refractivity contribution in [1.82, 2.24) is 0 Å². The van der Waals surface area contributed by atoms with E-state index in [9.17, 15) is 8.78 Å². The molecule has 1 aromatic rings. The van der Waals surface area contributed by atoms with Crippen LogP contribution in [-0.2, 0) is 9.47 Å². The molecule has 1 aliphatic rings. The van der Waals surface area contributed by atoms with Gasteiger partial charge in [0, 0.05) is 11.5 Å². The van der Waals surface area contributed by atoms with Crippen molar-refractivity contribution < 1.29 is 18.3 Å². The SMILES string of the molecule is C#Cc1c(F)cc(C2OCC(CCCCC)CO2)cc1F. The minimum atomic E-state index is -0.759. The molecule has 1 aliphatic heterocycles. The Hall–Kier alpha value is -1.44. The molecule has 21 heavy (non-hydrogen) atoms. The van der Waals surface area contributed by atoms with E-state index in [-0.39, 0.29) is 5.56 Å². The summed E-state index contributed by atoms with van der Waals surface area (Å²) in [6.07, 6.45) is 8.93. The summed E-state index contributed by atoms with van der Waals surface area (Å²) in [6, 6.07) is 2.36. The number of terminal acetylenes is 1. The lowest BCUT2D eigenvalue weighted by Gasteiger charge is -2.29. The van der Waals surface area contributed by atoms with Gasteiger partial charge < -0.3 is 9.47 Å². The van der Waals surface area contributed by atoms with E-state index in [4.69, 9.17) is 15.9 Å². The first kappa shape index (κ1) is 15.9. The van der Waals surface area contributed by atoms with Crippen LogP contribution in [-0.4, -0.2) is 13.2 Å². The van der Waals surface area contributed by atoms with Crippen LogP contribution in [0.2, 0.25) is 0 Å². The maximum Gasteiger partial charge on any atom is 0.184 e. The number of unbranched alkanes of at least 4 members (excludes halogenated alkanes) is 2. The van der Waals surface area contributed by atoms with Gasteiger partial charge in [0.25, 0.3) is 0 Å². The molecule has 0 amide bonds. The molecule has 0 N–H and O–H groups in total. The summed E-state index contributed by atoms with van der Waals surface area (Å²) in [5, 5.41) is 0. The van der Waals surface area contributed by atoms with E-state index in [0.29, 0.717) is 24.7 Å². The average Bonchev–Trinajstić information content (AvgIpc) is 2.48. The van der Waals surface area contributed by atoms with E-state index in [1.54, 1.807) is 0 Å². The fourth-order valence-corrected chi connectivity index (χ4v) is 2.45. The lowest BCUT2D eigenvalue weighted by atomic mass is 10.0. The van der Waals surface area contributed by atoms with Crippen molar-refractivity contribution >= 4 is 0 Å². The second kappa shape index (κ2) is 7.53. The molecule has 0 saturated carbocycles. The Kier molecular flexibility index (Phi) is 5.72. The Balaban J connectivity index is 1.95. The molecule has 114 valence electrons. The minimum absolute atomic E-state index is 0.330. The molecule has 1 heterocycles. The summed E-state index contributed by atoms with van der Waals surface area (Å²) in [5.74, 6) is 0.833. The van der Waals surface area contributed by atoms with Crippen LogP contribution in [0.5, 0.6) is 0 Å². The van der Waals surface area contributed by atoms with Crippen molar-refractivity contribution in [1.29, 1.82) is 0 Å². The smallest absolute Gasteiger partial charge is 0.184 e. The van der Waals surface area contributed by atoms with Gasteiger partial charge in [0.05, 0.1) is 18.8 Å². The van der Waals surface area contributed by atoms with Gasteiger partial charge in [0.1, 0.15) is 11.6 Å². The molecule has 0 spiro atoms. The second-order valence-corrected chi connectivity index (χ2v) is 5.36.